The van der Waals surface area contributed by atoms with Gasteiger partial charge in [-0.1, -0.05) is 40.2 Å². The summed E-state index contributed by atoms with van der Waals surface area (Å²) in [5.41, 5.74) is 2.93. The van der Waals surface area contributed by atoms with E-state index in [9.17, 15) is 0 Å². The Morgan fingerprint density at radius 2 is 2.40 bits per heavy atom. The smallest absolute Gasteiger partial charge is 0.0366 e. The highest BCUT2D eigenvalue weighted by Gasteiger charge is 2.13. The first kappa shape index (κ1) is 6.41. The first-order valence-electron chi connectivity index (χ1n) is 3.58. The van der Waals surface area contributed by atoms with Crippen LogP contribution in [-0.4, -0.2) is 4.83 Å². The summed E-state index contributed by atoms with van der Waals surface area (Å²) in [5, 5.41) is 0. The molecule has 0 radical (unpaired) electrons. The number of hydrogen-bond donors (Lipinski definition) is 0. The zero-order chi connectivity index (χ0) is 6.97. The summed E-state index contributed by atoms with van der Waals surface area (Å²) in [6.07, 6.45) is 11.3. The van der Waals surface area contributed by atoms with Gasteiger partial charge >= 0.3 is 0 Å². The van der Waals surface area contributed by atoms with E-state index in [-0.39, 0.29) is 0 Å². The molecule has 0 aliphatic heterocycles. The molecule has 0 saturated heterocycles. The van der Waals surface area contributed by atoms with Crippen molar-refractivity contribution in [1.82, 2.24) is 0 Å². The first-order valence-corrected chi connectivity index (χ1v) is 4.49. The van der Waals surface area contributed by atoms with Crippen LogP contribution < -0.4 is 0 Å². The van der Waals surface area contributed by atoms with E-state index in [4.69, 9.17) is 0 Å². The topological polar surface area (TPSA) is 0 Å². The van der Waals surface area contributed by atoms with E-state index >= 15 is 0 Å². The third-order valence-electron chi connectivity index (χ3n) is 1.95. The quantitative estimate of drug-likeness (QED) is 0.523. The highest BCUT2D eigenvalue weighted by atomic mass is 79.9. The third-order valence-corrected chi connectivity index (χ3v) is 2.59. The lowest BCUT2D eigenvalue weighted by Gasteiger charge is -2.11. The van der Waals surface area contributed by atoms with E-state index in [2.05, 4.69) is 40.2 Å². The Bertz CT molecular complexity index is 233. The molecule has 0 aromatic rings. The van der Waals surface area contributed by atoms with Crippen molar-refractivity contribution in [2.45, 2.75) is 17.7 Å². The number of alkyl halides is 1. The average molecular weight is 197 g/mol. The van der Waals surface area contributed by atoms with Gasteiger partial charge < -0.3 is 0 Å². The molecule has 0 bridgehead atoms. The van der Waals surface area contributed by atoms with Gasteiger partial charge in [0, 0.05) is 4.83 Å². The van der Waals surface area contributed by atoms with E-state index in [1.54, 1.807) is 0 Å². The number of fused-ring (bicyclic) bond motifs is 1. The molecule has 0 amide bonds. The molecule has 0 heterocycles. The number of hydrogen-bond acceptors (Lipinski definition) is 0. The standard InChI is InChI=1S/C9H9Br/c10-9-5-4-7-2-1-3-8(7)6-9/h1-2,4,6,9H,3,5H2. The van der Waals surface area contributed by atoms with Crippen molar-refractivity contribution in [1.29, 1.82) is 0 Å². The molecular weight excluding hydrogens is 188 g/mol. The zero-order valence-corrected chi connectivity index (χ0v) is 7.26. The molecule has 0 saturated carbocycles. The van der Waals surface area contributed by atoms with E-state index in [0.717, 1.165) is 12.8 Å². The fraction of sp³-hybridized carbons (Fsp3) is 0.333. The predicted octanol–water partition coefficient (Wildman–Crippen LogP) is 2.97. The van der Waals surface area contributed by atoms with E-state index < -0.39 is 0 Å². The molecule has 0 aromatic heterocycles. The summed E-state index contributed by atoms with van der Waals surface area (Å²) in [5.74, 6) is 0. The van der Waals surface area contributed by atoms with Crippen LogP contribution in [0.2, 0.25) is 0 Å². The van der Waals surface area contributed by atoms with Crippen molar-refractivity contribution < 1.29 is 0 Å². The van der Waals surface area contributed by atoms with Gasteiger partial charge in [-0.2, -0.15) is 0 Å². The van der Waals surface area contributed by atoms with Gasteiger partial charge in [-0.05, 0) is 24.0 Å². The molecule has 0 fully saturated rings. The normalized spacial score (nSPS) is 29.5. The maximum Gasteiger partial charge on any atom is 0.0366 e. The van der Waals surface area contributed by atoms with Crippen molar-refractivity contribution in [3.05, 3.63) is 35.5 Å². The lowest BCUT2D eigenvalue weighted by atomic mass is 10.0. The minimum absolute atomic E-state index is 0.575. The summed E-state index contributed by atoms with van der Waals surface area (Å²) in [6.45, 7) is 0. The molecule has 0 spiro atoms. The average Bonchev–Trinajstić information content (AvgIpc) is 2.33. The number of allylic oxidation sites excluding steroid dienone is 6. The maximum absolute atomic E-state index is 3.58. The van der Waals surface area contributed by atoms with Gasteiger partial charge in [0.05, 0.1) is 0 Å². The Labute approximate surface area is 69.4 Å². The van der Waals surface area contributed by atoms with Gasteiger partial charge in [0.2, 0.25) is 0 Å². The van der Waals surface area contributed by atoms with Gasteiger partial charge in [-0.15, -0.1) is 0 Å². The molecule has 10 heavy (non-hydrogen) atoms. The Morgan fingerprint density at radius 1 is 1.50 bits per heavy atom. The van der Waals surface area contributed by atoms with Crippen molar-refractivity contribution in [2.24, 2.45) is 0 Å². The highest BCUT2D eigenvalue weighted by molar-refractivity contribution is 9.09. The Morgan fingerprint density at radius 3 is 3.30 bits per heavy atom. The van der Waals surface area contributed by atoms with Crippen molar-refractivity contribution in [3.63, 3.8) is 0 Å². The van der Waals surface area contributed by atoms with Crippen molar-refractivity contribution >= 4 is 15.9 Å². The van der Waals surface area contributed by atoms with Crippen LogP contribution in [0.1, 0.15) is 12.8 Å². The number of rotatable bonds is 0. The summed E-state index contributed by atoms with van der Waals surface area (Å²) in [6, 6.07) is 0. The predicted molar refractivity (Wildman–Crippen MR) is 47.3 cm³/mol. The summed E-state index contributed by atoms with van der Waals surface area (Å²) in [4.78, 5) is 0.575. The molecule has 52 valence electrons. The SMILES string of the molecule is BrC1C=C2CC=CC2=CC1. The zero-order valence-electron chi connectivity index (χ0n) is 5.68. The minimum Gasteiger partial charge on any atom is -0.0842 e. The fourth-order valence-corrected chi connectivity index (χ4v) is 1.93. The largest absolute Gasteiger partial charge is 0.0842 e. The van der Waals surface area contributed by atoms with Gasteiger partial charge in [0.25, 0.3) is 0 Å². The Kier molecular flexibility index (Phi) is 1.53. The molecule has 2 aliphatic carbocycles. The second kappa shape index (κ2) is 2.39. The highest BCUT2D eigenvalue weighted by Crippen LogP contribution is 2.30. The van der Waals surface area contributed by atoms with Crippen LogP contribution in [0.15, 0.2) is 35.5 Å². The van der Waals surface area contributed by atoms with Crippen LogP contribution in [0.25, 0.3) is 0 Å². The molecule has 2 aliphatic rings. The molecular formula is C9H9Br. The molecule has 1 heteroatoms. The van der Waals surface area contributed by atoms with Crippen molar-refractivity contribution in [3.8, 4) is 0 Å². The van der Waals surface area contributed by atoms with Crippen LogP contribution in [0.4, 0.5) is 0 Å². The molecule has 0 nitrogen and oxygen atoms in total. The Balaban J connectivity index is 2.32. The Hall–Kier alpha value is -0.300. The molecule has 0 aromatic carbocycles. The molecule has 1 unspecified atom stereocenters. The molecule has 0 N–H and O–H groups in total. The second-order valence-corrected chi connectivity index (χ2v) is 3.89. The minimum atomic E-state index is 0.575. The lowest BCUT2D eigenvalue weighted by Crippen LogP contribution is -1.98. The summed E-state index contributed by atoms with van der Waals surface area (Å²) >= 11 is 3.58. The van der Waals surface area contributed by atoms with Crippen molar-refractivity contribution in [2.75, 3.05) is 0 Å². The van der Waals surface area contributed by atoms with Gasteiger partial charge in [-0.25, -0.2) is 0 Å². The van der Waals surface area contributed by atoms with Crippen LogP contribution >= 0.6 is 15.9 Å². The fourth-order valence-electron chi connectivity index (χ4n) is 1.43. The second-order valence-electron chi connectivity index (χ2n) is 2.71. The van der Waals surface area contributed by atoms with E-state index in [1.807, 2.05) is 0 Å². The number of halogens is 1. The summed E-state index contributed by atoms with van der Waals surface area (Å²) < 4.78 is 0. The maximum atomic E-state index is 3.58. The molecule has 2 rings (SSSR count). The van der Waals surface area contributed by atoms with E-state index in [1.165, 1.54) is 11.1 Å². The van der Waals surface area contributed by atoms with Gasteiger partial charge in [-0.3, -0.25) is 0 Å². The first-order chi connectivity index (χ1) is 4.86. The van der Waals surface area contributed by atoms with Crippen LogP contribution in [0.3, 0.4) is 0 Å². The van der Waals surface area contributed by atoms with Gasteiger partial charge in [0.15, 0.2) is 0 Å². The van der Waals surface area contributed by atoms with Crippen LogP contribution in [0, 0.1) is 0 Å². The molecule has 1 atom stereocenters. The van der Waals surface area contributed by atoms with E-state index in [0.29, 0.717) is 4.83 Å². The monoisotopic (exact) mass is 196 g/mol. The van der Waals surface area contributed by atoms with Crippen LogP contribution in [-0.2, 0) is 0 Å². The van der Waals surface area contributed by atoms with Gasteiger partial charge in [0.1, 0.15) is 0 Å². The third kappa shape index (κ3) is 0.988. The van der Waals surface area contributed by atoms with Crippen LogP contribution in [0.5, 0.6) is 0 Å². The lowest BCUT2D eigenvalue weighted by molar-refractivity contribution is 1.03. The summed E-state index contributed by atoms with van der Waals surface area (Å²) in [7, 11) is 0.